The SMILES string of the molecule is O=C(c1ccoc1)N1CCc2ncnc(-c3ccncc3)c2CC1. The lowest BCUT2D eigenvalue weighted by molar-refractivity contribution is 0.0762. The molecule has 0 fully saturated rings. The molecule has 1 aliphatic heterocycles. The third-order valence-electron chi connectivity index (χ3n) is 4.29. The lowest BCUT2D eigenvalue weighted by Gasteiger charge is -2.19. The van der Waals surface area contributed by atoms with Gasteiger partial charge in [0.1, 0.15) is 12.6 Å². The van der Waals surface area contributed by atoms with Gasteiger partial charge in [-0.1, -0.05) is 0 Å². The summed E-state index contributed by atoms with van der Waals surface area (Å²) < 4.78 is 5.02. The molecule has 0 aromatic carbocycles. The summed E-state index contributed by atoms with van der Waals surface area (Å²) in [7, 11) is 0. The Morgan fingerprint density at radius 1 is 1.08 bits per heavy atom. The molecule has 0 radical (unpaired) electrons. The molecule has 6 nitrogen and oxygen atoms in total. The molecule has 0 spiro atoms. The van der Waals surface area contributed by atoms with Crippen molar-refractivity contribution in [1.29, 1.82) is 0 Å². The van der Waals surface area contributed by atoms with E-state index in [0.29, 0.717) is 18.7 Å². The summed E-state index contributed by atoms with van der Waals surface area (Å²) in [6.45, 7) is 1.28. The van der Waals surface area contributed by atoms with Crippen LogP contribution in [-0.2, 0) is 12.8 Å². The average molecular weight is 320 g/mol. The Morgan fingerprint density at radius 2 is 1.92 bits per heavy atom. The van der Waals surface area contributed by atoms with E-state index in [4.69, 9.17) is 4.42 Å². The van der Waals surface area contributed by atoms with Gasteiger partial charge in [0.15, 0.2) is 0 Å². The van der Waals surface area contributed by atoms with Crippen LogP contribution in [0, 0.1) is 0 Å². The summed E-state index contributed by atoms with van der Waals surface area (Å²) >= 11 is 0. The van der Waals surface area contributed by atoms with Crippen molar-refractivity contribution < 1.29 is 9.21 Å². The van der Waals surface area contributed by atoms with Gasteiger partial charge in [-0.2, -0.15) is 0 Å². The van der Waals surface area contributed by atoms with Gasteiger partial charge in [0.05, 0.1) is 17.5 Å². The topological polar surface area (TPSA) is 72.1 Å². The van der Waals surface area contributed by atoms with E-state index in [2.05, 4.69) is 15.0 Å². The fourth-order valence-electron chi connectivity index (χ4n) is 3.06. The average Bonchev–Trinajstić information content (AvgIpc) is 3.08. The molecule has 4 heterocycles. The lowest BCUT2D eigenvalue weighted by Crippen LogP contribution is -2.33. The molecule has 0 saturated carbocycles. The third kappa shape index (κ3) is 2.67. The number of hydrogen-bond donors (Lipinski definition) is 0. The van der Waals surface area contributed by atoms with E-state index in [9.17, 15) is 4.79 Å². The Hall–Kier alpha value is -3.02. The number of furan rings is 1. The van der Waals surface area contributed by atoms with Gasteiger partial charge >= 0.3 is 0 Å². The van der Waals surface area contributed by atoms with E-state index in [0.717, 1.165) is 35.4 Å². The highest BCUT2D eigenvalue weighted by molar-refractivity contribution is 5.93. The van der Waals surface area contributed by atoms with Crippen molar-refractivity contribution in [2.75, 3.05) is 13.1 Å². The molecule has 0 aliphatic carbocycles. The molecule has 0 atom stereocenters. The van der Waals surface area contributed by atoms with Gasteiger partial charge < -0.3 is 9.32 Å². The minimum absolute atomic E-state index is 0.00465. The Balaban J connectivity index is 1.63. The summed E-state index contributed by atoms with van der Waals surface area (Å²) in [5.41, 5.74) is 4.67. The first kappa shape index (κ1) is 14.6. The lowest BCUT2D eigenvalue weighted by atomic mass is 10.0. The van der Waals surface area contributed by atoms with Crippen molar-refractivity contribution in [3.05, 3.63) is 66.3 Å². The standard InChI is InChI=1S/C18H16N4O2/c23-18(14-5-10-24-11-14)22-8-3-15-16(4-9-22)20-12-21-17(15)13-1-6-19-7-2-13/h1-2,5-7,10-12H,3-4,8-9H2. The number of nitrogens with zero attached hydrogens (tertiary/aromatic N) is 4. The second kappa shape index (κ2) is 6.23. The molecule has 120 valence electrons. The number of amides is 1. The molecule has 0 saturated heterocycles. The van der Waals surface area contributed by atoms with Crippen LogP contribution in [0.25, 0.3) is 11.3 Å². The van der Waals surface area contributed by atoms with Gasteiger partial charge in [-0.3, -0.25) is 9.78 Å². The van der Waals surface area contributed by atoms with Crippen LogP contribution in [0.2, 0.25) is 0 Å². The Labute approximate surface area is 139 Å². The smallest absolute Gasteiger partial charge is 0.257 e. The molecular weight excluding hydrogens is 304 g/mol. The molecule has 1 aliphatic rings. The fourth-order valence-corrected chi connectivity index (χ4v) is 3.06. The van der Waals surface area contributed by atoms with Crippen LogP contribution in [0.5, 0.6) is 0 Å². The molecule has 4 rings (SSSR count). The highest BCUT2D eigenvalue weighted by Gasteiger charge is 2.23. The first-order chi connectivity index (χ1) is 11.8. The van der Waals surface area contributed by atoms with E-state index in [1.54, 1.807) is 24.8 Å². The largest absolute Gasteiger partial charge is 0.472 e. The number of rotatable bonds is 2. The molecule has 24 heavy (non-hydrogen) atoms. The van der Waals surface area contributed by atoms with Crippen LogP contribution in [0.15, 0.2) is 53.9 Å². The predicted octanol–water partition coefficient (Wildman–Crippen LogP) is 2.37. The Bertz CT molecular complexity index is 847. The normalized spacial score (nSPS) is 14.1. The molecular formula is C18H16N4O2. The van der Waals surface area contributed by atoms with Gasteiger partial charge in [0, 0.05) is 48.7 Å². The van der Waals surface area contributed by atoms with Crippen molar-refractivity contribution in [3.8, 4) is 11.3 Å². The zero-order valence-electron chi connectivity index (χ0n) is 13.1. The van der Waals surface area contributed by atoms with E-state index in [-0.39, 0.29) is 5.91 Å². The van der Waals surface area contributed by atoms with Gasteiger partial charge in [0.25, 0.3) is 5.91 Å². The molecule has 6 heteroatoms. The molecule has 0 bridgehead atoms. The number of fused-ring (bicyclic) bond motifs is 1. The summed E-state index contributed by atoms with van der Waals surface area (Å²) in [4.78, 5) is 27.4. The molecule has 3 aromatic heterocycles. The Kier molecular flexibility index (Phi) is 3.78. The molecule has 1 amide bonds. The van der Waals surface area contributed by atoms with Gasteiger partial charge in [-0.15, -0.1) is 0 Å². The van der Waals surface area contributed by atoms with Crippen molar-refractivity contribution in [2.45, 2.75) is 12.8 Å². The van der Waals surface area contributed by atoms with Crippen molar-refractivity contribution >= 4 is 5.91 Å². The first-order valence-corrected chi connectivity index (χ1v) is 7.87. The number of carbonyl (C=O) groups is 1. The van der Waals surface area contributed by atoms with Crippen LogP contribution in [0.3, 0.4) is 0 Å². The summed E-state index contributed by atoms with van der Waals surface area (Å²) in [5.74, 6) is -0.00465. The summed E-state index contributed by atoms with van der Waals surface area (Å²) in [6.07, 6.45) is 9.58. The van der Waals surface area contributed by atoms with Crippen LogP contribution < -0.4 is 0 Å². The maximum absolute atomic E-state index is 12.5. The predicted molar refractivity (Wildman–Crippen MR) is 87.3 cm³/mol. The summed E-state index contributed by atoms with van der Waals surface area (Å²) in [6, 6.07) is 5.59. The van der Waals surface area contributed by atoms with Crippen molar-refractivity contribution in [3.63, 3.8) is 0 Å². The molecule has 0 N–H and O–H groups in total. The fraction of sp³-hybridized carbons (Fsp3) is 0.222. The molecule has 3 aromatic rings. The third-order valence-corrected chi connectivity index (χ3v) is 4.29. The van der Waals surface area contributed by atoms with E-state index in [1.165, 1.54) is 12.5 Å². The van der Waals surface area contributed by atoms with Crippen LogP contribution in [-0.4, -0.2) is 38.8 Å². The first-order valence-electron chi connectivity index (χ1n) is 7.87. The van der Waals surface area contributed by atoms with Gasteiger partial charge in [-0.25, -0.2) is 9.97 Å². The second-order valence-electron chi connectivity index (χ2n) is 5.69. The quantitative estimate of drug-likeness (QED) is 0.725. The molecule has 0 unspecified atom stereocenters. The number of pyridine rings is 1. The van der Waals surface area contributed by atoms with Crippen molar-refractivity contribution in [1.82, 2.24) is 19.9 Å². The van der Waals surface area contributed by atoms with E-state index in [1.807, 2.05) is 17.0 Å². The van der Waals surface area contributed by atoms with Gasteiger partial charge in [0.2, 0.25) is 0 Å². The zero-order chi connectivity index (χ0) is 16.4. The monoisotopic (exact) mass is 320 g/mol. The van der Waals surface area contributed by atoms with Crippen LogP contribution in [0.4, 0.5) is 0 Å². The highest BCUT2D eigenvalue weighted by atomic mass is 16.3. The van der Waals surface area contributed by atoms with Crippen molar-refractivity contribution in [2.24, 2.45) is 0 Å². The van der Waals surface area contributed by atoms with Gasteiger partial charge in [-0.05, 0) is 24.6 Å². The summed E-state index contributed by atoms with van der Waals surface area (Å²) in [5, 5.41) is 0. The maximum Gasteiger partial charge on any atom is 0.257 e. The maximum atomic E-state index is 12.5. The minimum Gasteiger partial charge on any atom is -0.472 e. The number of carbonyl (C=O) groups excluding carboxylic acids is 1. The number of aromatic nitrogens is 3. The van der Waals surface area contributed by atoms with Crippen LogP contribution in [0.1, 0.15) is 21.6 Å². The highest BCUT2D eigenvalue weighted by Crippen LogP contribution is 2.25. The number of hydrogen-bond acceptors (Lipinski definition) is 5. The minimum atomic E-state index is -0.00465. The Morgan fingerprint density at radius 3 is 2.71 bits per heavy atom. The zero-order valence-corrected chi connectivity index (χ0v) is 13.1. The second-order valence-corrected chi connectivity index (χ2v) is 5.69. The van der Waals surface area contributed by atoms with E-state index >= 15 is 0 Å². The van der Waals surface area contributed by atoms with E-state index < -0.39 is 0 Å². The van der Waals surface area contributed by atoms with Crippen LogP contribution >= 0.6 is 0 Å².